The molecule has 0 spiro atoms. The molecule has 138 valence electrons. The van der Waals surface area contributed by atoms with Crippen molar-refractivity contribution in [3.05, 3.63) is 70.5 Å². The third-order valence-corrected chi connectivity index (χ3v) is 4.74. The highest BCUT2D eigenvalue weighted by Gasteiger charge is 2.15. The lowest BCUT2D eigenvalue weighted by molar-refractivity contribution is -0.140. The van der Waals surface area contributed by atoms with E-state index in [-0.39, 0.29) is 24.6 Å². The normalized spacial score (nSPS) is 11.4. The fourth-order valence-corrected chi connectivity index (χ4v) is 3.31. The molecule has 0 atom stereocenters. The van der Waals surface area contributed by atoms with Crippen molar-refractivity contribution in [3.8, 4) is 5.69 Å². The number of nitrogens with zero attached hydrogens (tertiary/aromatic N) is 3. The summed E-state index contributed by atoms with van der Waals surface area (Å²) in [5, 5.41) is 4.84. The topological polar surface area (TPSA) is 73.6 Å². The molecule has 6 nitrogen and oxygen atoms in total. The van der Waals surface area contributed by atoms with E-state index < -0.39 is 0 Å². The van der Waals surface area contributed by atoms with Crippen molar-refractivity contribution in [1.29, 1.82) is 0 Å². The Balaban J connectivity index is 1.92. The molecule has 3 aromatic rings. The number of carbonyl (C=O) groups is 2. The van der Waals surface area contributed by atoms with Gasteiger partial charge in [-0.25, -0.2) is 9.67 Å². The smallest absolute Gasteiger partial charge is 0.305 e. The van der Waals surface area contributed by atoms with E-state index in [2.05, 4.69) is 14.8 Å². The summed E-state index contributed by atoms with van der Waals surface area (Å²) in [4.78, 5) is 29.0. The lowest BCUT2D eigenvalue weighted by atomic mass is 10.2. The molecule has 2 aromatic carbocycles. The van der Waals surface area contributed by atoms with Crippen LogP contribution in [-0.2, 0) is 9.53 Å². The lowest BCUT2D eigenvalue weighted by Gasteiger charge is -2.00. The van der Waals surface area contributed by atoms with E-state index >= 15 is 0 Å². The first kappa shape index (κ1) is 18.7. The number of ether oxygens (including phenoxy) is 1. The standard InChI is InChI=1S/C20H19N3O3S/c1-26-18(25)14-8-13-17(24)19-22-23(16-11-6-3-7-12-16)20(27-19)21-15-9-4-2-5-10-15/h2-7,9-12H,8,13-14H2,1H3. The Morgan fingerprint density at radius 1 is 1.04 bits per heavy atom. The van der Waals surface area contributed by atoms with Crippen molar-refractivity contribution in [2.45, 2.75) is 19.3 Å². The van der Waals surface area contributed by atoms with Gasteiger partial charge in [-0.1, -0.05) is 47.7 Å². The van der Waals surface area contributed by atoms with Gasteiger partial charge in [0, 0.05) is 12.8 Å². The Hall–Kier alpha value is -3.06. The molecule has 0 aliphatic carbocycles. The van der Waals surface area contributed by atoms with E-state index in [1.165, 1.54) is 18.4 Å². The highest BCUT2D eigenvalue weighted by Crippen LogP contribution is 2.14. The molecule has 27 heavy (non-hydrogen) atoms. The second kappa shape index (κ2) is 9.05. The summed E-state index contributed by atoms with van der Waals surface area (Å²) in [5.74, 6) is -0.427. The summed E-state index contributed by atoms with van der Waals surface area (Å²) in [6.07, 6.45) is 0.886. The van der Waals surface area contributed by atoms with Gasteiger partial charge in [0.2, 0.25) is 4.80 Å². The molecule has 1 heterocycles. The van der Waals surface area contributed by atoms with Crippen molar-refractivity contribution in [2.75, 3.05) is 7.11 Å². The van der Waals surface area contributed by atoms with E-state index in [9.17, 15) is 9.59 Å². The molecule has 0 aliphatic rings. The van der Waals surface area contributed by atoms with Crippen molar-refractivity contribution < 1.29 is 14.3 Å². The Morgan fingerprint density at radius 3 is 2.37 bits per heavy atom. The average Bonchev–Trinajstić information content (AvgIpc) is 3.13. The molecule has 0 aliphatic heterocycles. The molecule has 3 rings (SSSR count). The first-order valence-electron chi connectivity index (χ1n) is 8.53. The van der Waals surface area contributed by atoms with Gasteiger partial charge in [-0.2, -0.15) is 5.10 Å². The Labute approximate surface area is 160 Å². The zero-order chi connectivity index (χ0) is 19.1. The fourth-order valence-electron chi connectivity index (χ4n) is 2.42. The zero-order valence-corrected chi connectivity index (χ0v) is 15.7. The van der Waals surface area contributed by atoms with Gasteiger partial charge in [-0.3, -0.25) is 9.59 Å². The zero-order valence-electron chi connectivity index (χ0n) is 14.9. The van der Waals surface area contributed by atoms with E-state index in [1.807, 2.05) is 60.7 Å². The van der Waals surface area contributed by atoms with Gasteiger partial charge < -0.3 is 4.74 Å². The van der Waals surface area contributed by atoms with Crippen molar-refractivity contribution in [3.63, 3.8) is 0 Å². The van der Waals surface area contributed by atoms with Crippen LogP contribution >= 0.6 is 11.3 Å². The van der Waals surface area contributed by atoms with Crippen LogP contribution < -0.4 is 4.80 Å². The van der Waals surface area contributed by atoms with Crippen molar-refractivity contribution in [1.82, 2.24) is 9.78 Å². The minimum atomic E-state index is -0.318. The quantitative estimate of drug-likeness (QED) is 0.462. The average molecular weight is 381 g/mol. The number of rotatable bonds is 7. The molecule has 7 heteroatoms. The maximum absolute atomic E-state index is 12.5. The first-order chi connectivity index (χ1) is 13.2. The maximum Gasteiger partial charge on any atom is 0.305 e. The van der Waals surface area contributed by atoms with E-state index in [1.54, 1.807) is 4.68 Å². The van der Waals surface area contributed by atoms with E-state index in [0.29, 0.717) is 16.2 Å². The SMILES string of the molecule is COC(=O)CCCC(=O)c1nn(-c2ccccc2)c(=Nc2ccccc2)s1. The summed E-state index contributed by atoms with van der Waals surface area (Å²) in [7, 11) is 1.34. The number of para-hydroxylation sites is 2. The second-order valence-corrected chi connectivity index (χ2v) is 6.69. The van der Waals surface area contributed by atoms with Crippen LogP contribution in [0.15, 0.2) is 65.7 Å². The van der Waals surface area contributed by atoms with Crippen LogP contribution in [0.2, 0.25) is 0 Å². The molecular formula is C20H19N3O3S. The van der Waals surface area contributed by atoms with Crippen molar-refractivity contribution >= 4 is 28.8 Å². The van der Waals surface area contributed by atoms with Crippen LogP contribution in [0.4, 0.5) is 5.69 Å². The predicted molar refractivity (Wildman–Crippen MR) is 103 cm³/mol. The molecular weight excluding hydrogens is 362 g/mol. The number of hydrogen-bond acceptors (Lipinski definition) is 6. The third kappa shape index (κ3) is 4.98. The molecule has 0 saturated heterocycles. The number of carbonyl (C=O) groups excluding carboxylic acids is 2. The molecule has 0 radical (unpaired) electrons. The maximum atomic E-state index is 12.5. The van der Waals surface area contributed by atoms with Gasteiger partial charge in [0.15, 0.2) is 10.8 Å². The third-order valence-electron chi connectivity index (χ3n) is 3.79. The summed E-state index contributed by atoms with van der Waals surface area (Å²) in [5.41, 5.74) is 1.62. The second-order valence-electron chi connectivity index (χ2n) is 5.74. The fraction of sp³-hybridized carbons (Fsp3) is 0.200. The minimum absolute atomic E-state index is 0.108. The number of benzene rings is 2. The molecule has 0 saturated carbocycles. The predicted octanol–water partition coefficient (Wildman–Crippen LogP) is 3.69. The van der Waals surface area contributed by atoms with Gasteiger partial charge in [0.05, 0.1) is 18.5 Å². The van der Waals surface area contributed by atoms with Crippen LogP contribution in [0.1, 0.15) is 29.1 Å². The van der Waals surface area contributed by atoms with Crippen LogP contribution in [-0.4, -0.2) is 28.6 Å². The number of methoxy groups -OCH3 is 1. The molecule has 0 unspecified atom stereocenters. The van der Waals surface area contributed by atoms with Gasteiger partial charge in [0.1, 0.15) is 0 Å². The summed E-state index contributed by atoms with van der Waals surface area (Å²) in [6, 6.07) is 19.1. The minimum Gasteiger partial charge on any atom is -0.469 e. The Bertz CT molecular complexity index is 978. The van der Waals surface area contributed by atoms with E-state index in [0.717, 1.165) is 11.4 Å². The Kier molecular flexibility index (Phi) is 6.27. The molecule has 0 amide bonds. The monoisotopic (exact) mass is 381 g/mol. The Morgan fingerprint density at radius 2 is 1.70 bits per heavy atom. The summed E-state index contributed by atoms with van der Waals surface area (Å²) >= 11 is 1.24. The number of hydrogen-bond donors (Lipinski definition) is 0. The molecule has 0 fully saturated rings. The van der Waals surface area contributed by atoms with Gasteiger partial charge in [0.25, 0.3) is 0 Å². The van der Waals surface area contributed by atoms with Crippen LogP contribution in [0.25, 0.3) is 5.69 Å². The number of Topliss-reactive ketones (excluding diaryl/α,β-unsaturated/α-hetero) is 1. The summed E-state index contributed by atoms with van der Waals surface area (Å²) in [6.45, 7) is 0. The highest BCUT2D eigenvalue weighted by molar-refractivity contribution is 7.11. The molecule has 1 aromatic heterocycles. The van der Waals surface area contributed by atoms with Crippen molar-refractivity contribution in [2.24, 2.45) is 4.99 Å². The lowest BCUT2D eigenvalue weighted by Crippen LogP contribution is -2.14. The van der Waals surface area contributed by atoms with Gasteiger partial charge >= 0.3 is 5.97 Å². The number of ketones is 1. The van der Waals surface area contributed by atoms with Crippen LogP contribution in [0.3, 0.4) is 0 Å². The van der Waals surface area contributed by atoms with Gasteiger partial charge in [-0.05, 0) is 30.7 Å². The number of esters is 1. The van der Waals surface area contributed by atoms with Gasteiger partial charge in [-0.15, -0.1) is 0 Å². The first-order valence-corrected chi connectivity index (χ1v) is 9.34. The highest BCUT2D eigenvalue weighted by atomic mass is 32.1. The summed E-state index contributed by atoms with van der Waals surface area (Å²) < 4.78 is 6.27. The van der Waals surface area contributed by atoms with Crippen LogP contribution in [0, 0.1) is 0 Å². The van der Waals surface area contributed by atoms with Crippen LogP contribution in [0.5, 0.6) is 0 Å². The molecule has 0 bridgehead atoms. The number of aromatic nitrogens is 2. The largest absolute Gasteiger partial charge is 0.469 e. The molecule has 0 N–H and O–H groups in total. The van der Waals surface area contributed by atoms with E-state index in [4.69, 9.17) is 0 Å².